The minimum absolute atomic E-state index is 0. The quantitative estimate of drug-likeness (QED) is 0.341. The standard InChI is InChI=1S/BF3.3FH/c2-1(3)4;;;/h;3*1H. The molecule has 7 heavy (non-hydrogen) atoms. The lowest BCUT2D eigenvalue weighted by atomic mass is 10.5. The van der Waals surface area contributed by atoms with Gasteiger partial charge in [-0.1, -0.05) is 0 Å². The summed E-state index contributed by atoms with van der Waals surface area (Å²) in [6.45, 7) is 0. The van der Waals surface area contributed by atoms with E-state index in [1.54, 1.807) is 0 Å². The molecule has 0 fully saturated rings. The van der Waals surface area contributed by atoms with E-state index in [1.807, 2.05) is 0 Å². The van der Waals surface area contributed by atoms with E-state index in [4.69, 9.17) is 0 Å². The topological polar surface area (TPSA) is 0 Å². The van der Waals surface area contributed by atoms with Crippen molar-refractivity contribution in [3.63, 3.8) is 0 Å². The Labute approximate surface area is 36.0 Å². The number of halogens is 6. The molecule has 0 aliphatic heterocycles. The van der Waals surface area contributed by atoms with Crippen LogP contribution in [-0.4, -0.2) is 7.54 Å². The maximum absolute atomic E-state index is 9.67. The third kappa shape index (κ3) is 595. The van der Waals surface area contributed by atoms with E-state index < -0.39 is 7.54 Å². The van der Waals surface area contributed by atoms with E-state index in [-0.39, 0.29) is 14.1 Å². The normalized spacial score (nSPS) is 3.86. The molecular formula is H3BF6. The van der Waals surface area contributed by atoms with Crippen molar-refractivity contribution < 1.29 is 27.1 Å². The molecule has 0 saturated carbocycles. The van der Waals surface area contributed by atoms with E-state index in [9.17, 15) is 12.9 Å². The van der Waals surface area contributed by atoms with Crippen molar-refractivity contribution in [2.45, 2.75) is 0 Å². The van der Waals surface area contributed by atoms with E-state index in [2.05, 4.69) is 0 Å². The molecule has 48 valence electrons. The van der Waals surface area contributed by atoms with Crippen LogP contribution in [0.3, 0.4) is 0 Å². The van der Waals surface area contributed by atoms with Crippen molar-refractivity contribution in [2.75, 3.05) is 0 Å². The molecule has 0 aliphatic carbocycles. The van der Waals surface area contributed by atoms with Crippen LogP contribution in [-0.2, 0) is 0 Å². The molecule has 0 N–H and O–H groups in total. The first kappa shape index (κ1) is 30.3. The van der Waals surface area contributed by atoms with Gasteiger partial charge in [0.05, 0.1) is 0 Å². The largest absolute Gasteiger partial charge is 0.762 e. The average Bonchev–Trinajstić information content (AvgIpc) is 0.811. The summed E-state index contributed by atoms with van der Waals surface area (Å²) in [6, 6.07) is 0. The van der Waals surface area contributed by atoms with Crippen molar-refractivity contribution in [3.05, 3.63) is 0 Å². The molecular weight excluding hydrogens is 125 g/mol. The third-order valence-corrected chi connectivity index (χ3v) is 0. The second-order valence-electron chi connectivity index (χ2n) is 0.247. The zero-order valence-electron chi connectivity index (χ0n) is 2.94. The molecule has 0 nitrogen and oxygen atoms in total. The zero-order chi connectivity index (χ0) is 3.58. The highest BCUT2D eigenvalue weighted by molar-refractivity contribution is 6.33. The Morgan fingerprint density at radius 2 is 0.714 bits per heavy atom. The third-order valence-electron chi connectivity index (χ3n) is 0. The summed E-state index contributed by atoms with van der Waals surface area (Å²) in [7, 11) is -3.67. The van der Waals surface area contributed by atoms with Crippen LogP contribution in [0.25, 0.3) is 0 Å². The lowest BCUT2D eigenvalue weighted by Gasteiger charge is -1.55. The van der Waals surface area contributed by atoms with Crippen LogP contribution in [0.1, 0.15) is 0 Å². The molecule has 0 amide bonds. The van der Waals surface area contributed by atoms with Gasteiger partial charge in [0.25, 0.3) is 0 Å². The van der Waals surface area contributed by atoms with E-state index in [1.165, 1.54) is 0 Å². The van der Waals surface area contributed by atoms with Gasteiger partial charge in [-0.25, -0.2) is 0 Å². The minimum atomic E-state index is -3.67. The van der Waals surface area contributed by atoms with Gasteiger partial charge in [-0.2, -0.15) is 0 Å². The van der Waals surface area contributed by atoms with Crippen LogP contribution in [0.5, 0.6) is 0 Å². The molecule has 0 spiro atoms. The van der Waals surface area contributed by atoms with Crippen LogP contribution in [0.15, 0.2) is 0 Å². The van der Waals surface area contributed by atoms with Gasteiger partial charge in [0.15, 0.2) is 0 Å². The Morgan fingerprint density at radius 3 is 0.714 bits per heavy atom. The van der Waals surface area contributed by atoms with E-state index in [0.29, 0.717) is 0 Å². The summed E-state index contributed by atoms with van der Waals surface area (Å²) < 4.78 is 29.0. The second-order valence-corrected chi connectivity index (χ2v) is 0.247. The number of hydrogen-bond acceptors (Lipinski definition) is 0. The molecule has 0 aliphatic rings. The van der Waals surface area contributed by atoms with Gasteiger partial charge in [-0.05, 0) is 0 Å². The van der Waals surface area contributed by atoms with Crippen molar-refractivity contribution in [1.29, 1.82) is 0 Å². The number of hydrogen-bond donors (Lipinski definition) is 0. The molecule has 0 radical (unpaired) electrons. The maximum atomic E-state index is 9.67. The monoisotopic (exact) mass is 128 g/mol. The molecule has 0 rings (SSSR count). The highest BCUT2D eigenvalue weighted by atomic mass is 19.4. The highest BCUT2D eigenvalue weighted by Crippen LogP contribution is 1.80. The fourth-order valence-electron chi connectivity index (χ4n) is 0. The lowest BCUT2D eigenvalue weighted by Crippen LogP contribution is -1.76. The van der Waals surface area contributed by atoms with Crippen molar-refractivity contribution >= 4 is 7.54 Å². The van der Waals surface area contributed by atoms with Gasteiger partial charge in [0.2, 0.25) is 0 Å². The highest BCUT2D eigenvalue weighted by Gasteiger charge is 2.06. The Bertz CT molecular complexity index is 8.90. The summed E-state index contributed by atoms with van der Waals surface area (Å²) in [5, 5.41) is 0. The summed E-state index contributed by atoms with van der Waals surface area (Å²) >= 11 is 0. The molecule has 0 unspecified atom stereocenters. The predicted molar refractivity (Wildman–Crippen MR) is 16.6 cm³/mol. The second kappa shape index (κ2) is 17.4. The van der Waals surface area contributed by atoms with Crippen LogP contribution in [0, 0.1) is 0 Å². The van der Waals surface area contributed by atoms with Crippen LogP contribution in [0.4, 0.5) is 27.1 Å². The smallest absolute Gasteiger partial charge is 0.269 e. The van der Waals surface area contributed by atoms with Crippen molar-refractivity contribution in [2.24, 2.45) is 0 Å². The molecule has 0 atom stereocenters. The Morgan fingerprint density at radius 1 is 0.714 bits per heavy atom. The molecule has 0 aromatic heterocycles. The first-order valence-electron chi connectivity index (χ1n) is 0.655. The maximum Gasteiger partial charge on any atom is 0.762 e. The fourth-order valence-corrected chi connectivity index (χ4v) is 0. The summed E-state index contributed by atoms with van der Waals surface area (Å²) in [4.78, 5) is 0. The summed E-state index contributed by atoms with van der Waals surface area (Å²) in [5.41, 5.74) is 0. The lowest BCUT2D eigenvalue weighted by molar-refractivity contribution is 0.535. The fraction of sp³-hybridized carbons (Fsp3) is 0. The first-order chi connectivity index (χ1) is 1.73. The zero-order valence-corrected chi connectivity index (χ0v) is 2.94. The van der Waals surface area contributed by atoms with E-state index >= 15 is 0 Å². The number of rotatable bonds is 0. The Balaban J connectivity index is -0.0000000150. The van der Waals surface area contributed by atoms with E-state index in [0.717, 1.165) is 0 Å². The minimum Gasteiger partial charge on any atom is -0.269 e. The van der Waals surface area contributed by atoms with Crippen LogP contribution in [0.2, 0.25) is 0 Å². The molecule has 0 bridgehead atoms. The van der Waals surface area contributed by atoms with Gasteiger partial charge in [-0.3, -0.25) is 27.1 Å². The van der Waals surface area contributed by atoms with Crippen LogP contribution >= 0.6 is 0 Å². The molecule has 7 heteroatoms. The molecule has 0 aromatic rings. The van der Waals surface area contributed by atoms with Crippen LogP contribution < -0.4 is 0 Å². The SMILES string of the molecule is F.F.F.FB(F)F. The van der Waals surface area contributed by atoms with Gasteiger partial charge >= 0.3 is 7.54 Å². The Kier molecular flexibility index (Phi) is 75.3. The van der Waals surface area contributed by atoms with Gasteiger partial charge in [-0.15, -0.1) is 0 Å². The first-order valence-corrected chi connectivity index (χ1v) is 0.655. The molecule has 0 saturated heterocycles. The summed E-state index contributed by atoms with van der Waals surface area (Å²) in [6.07, 6.45) is 0. The molecule has 0 heterocycles. The average molecular weight is 128 g/mol. The van der Waals surface area contributed by atoms with Gasteiger partial charge < -0.3 is 0 Å². The summed E-state index contributed by atoms with van der Waals surface area (Å²) in [5.74, 6) is 0. The Hall–Kier alpha value is -0.355. The van der Waals surface area contributed by atoms with Gasteiger partial charge in [0.1, 0.15) is 0 Å². The van der Waals surface area contributed by atoms with Crippen molar-refractivity contribution in [1.82, 2.24) is 0 Å². The van der Waals surface area contributed by atoms with Gasteiger partial charge in [0, 0.05) is 0 Å². The van der Waals surface area contributed by atoms with Crippen molar-refractivity contribution in [3.8, 4) is 0 Å². The molecule has 0 aromatic carbocycles. The predicted octanol–water partition coefficient (Wildman–Crippen LogP) is 1.34.